The van der Waals surface area contributed by atoms with Crippen LogP contribution < -0.4 is 4.72 Å². The molecule has 2 fully saturated rings. The van der Waals surface area contributed by atoms with Gasteiger partial charge < -0.3 is 5.11 Å². The lowest BCUT2D eigenvalue weighted by atomic mass is 10.00. The summed E-state index contributed by atoms with van der Waals surface area (Å²) < 4.78 is 28.5. The predicted octanol–water partition coefficient (Wildman–Crippen LogP) is 1.38. The SMILES string of the molecule is O=S(=O)(Nc1nc(C2CC2)cs1)N1CCC(CO)CC1. The number of nitrogens with zero attached hydrogens (tertiary/aromatic N) is 2. The second-order valence-electron chi connectivity index (χ2n) is 5.48. The number of piperidine rings is 1. The molecule has 1 aliphatic heterocycles. The second-order valence-corrected chi connectivity index (χ2v) is 8.01. The first kappa shape index (κ1) is 14.2. The number of nitrogens with one attached hydrogen (secondary N) is 1. The van der Waals surface area contributed by atoms with Crippen LogP contribution in [0.5, 0.6) is 0 Å². The molecule has 8 heteroatoms. The van der Waals surface area contributed by atoms with E-state index in [2.05, 4.69) is 9.71 Å². The minimum absolute atomic E-state index is 0.137. The van der Waals surface area contributed by atoms with Crippen LogP contribution in [0.25, 0.3) is 0 Å². The van der Waals surface area contributed by atoms with Gasteiger partial charge in [-0.05, 0) is 31.6 Å². The van der Waals surface area contributed by atoms with Gasteiger partial charge in [0.15, 0.2) is 5.13 Å². The van der Waals surface area contributed by atoms with Gasteiger partial charge >= 0.3 is 10.2 Å². The molecule has 1 aromatic heterocycles. The summed E-state index contributed by atoms with van der Waals surface area (Å²) in [6.45, 7) is 1.06. The van der Waals surface area contributed by atoms with Gasteiger partial charge in [-0.25, -0.2) is 9.71 Å². The van der Waals surface area contributed by atoms with Crippen molar-refractivity contribution in [2.75, 3.05) is 24.4 Å². The molecule has 6 nitrogen and oxygen atoms in total. The van der Waals surface area contributed by atoms with E-state index >= 15 is 0 Å². The molecule has 0 atom stereocenters. The van der Waals surface area contributed by atoms with Crippen molar-refractivity contribution in [3.8, 4) is 0 Å². The molecule has 1 saturated heterocycles. The third-order valence-electron chi connectivity index (χ3n) is 3.91. The van der Waals surface area contributed by atoms with E-state index in [0.717, 1.165) is 18.5 Å². The molecule has 1 saturated carbocycles. The fourth-order valence-electron chi connectivity index (χ4n) is 2.41. The molecule has 0 aromatic carbocycles. The molecule has 2 aliphatic rings. The highest BCUT2D eigenvalue weighted by molar-refractivity contribution is 7.90. The Hall–Kier alpha value is -0.700. The van der Waals surface area contributed by atoms with Gasteiger partial charge in [0, 0.05) is 31.0 Å². The van der Waals surface area contributed by atoms with Crippen molar-refractivity contribution >= 4 is 26.7 Å². The summed E-state index contributed by atoms with van der Waals surface area (Å²) in [4.78, 5) is 4.34. The van der Waals surface area contributed by atoms with E-state index in [1.807, 2.05) is 5.38 Å². The van der Waals surface area contributed by atoms with Crippen molar-refractivity contribution in [3.05, 3.63) is 11.1 Å². The standard InChI is InChI=1S/C12H19N3O3S2/c16-7-9-3-5-15(6-4-9)20(17,18)14-12-13-11(8-19-12)10-1-2-10/h8-10,16H,1-7H2,(H,13,14). The maximum absolute atomic E-state index is 12.3. The number of rotatable bonds is 5. The Balaban J connectivity index is 1.62. The van der Waals surface area contributed by atoms with Crippen molar-refractivity contribution in [1.29, 1.82) is 0 Å². The molecule has 112 valence electrons. The summed E-state index contributed by atoms with van der Waals surface area (Å²) in [5.74, 6) is 0.757. The first-order valence-electron chi connectivity index (χ1n) is 6.92. The quantitative estimate of drug-likeness (QED) is 0.859. The van der Waals surface area contributed by atoms with E-state index in [-0.39, 0.29) is 12.5 Å². The van der Waals surface area contributed by atoms with Crippen molar-refractivity contribution in [1.82, 2.24) is 9.29 Å². The summed E-state index contributed by atoms with van der Waals surface area (Å²) in [7, 11) is -3.51. The zero-order valence-corrected chi connectivity index (χ0v) is 12.8. The normalized spacial score (nSPS) is 22.1. The second kappa shape index (κ2) is 5.59. The first-order valence-corrected chi connectivity index (χ1v) is 9.24. The maximum Gasteiger partial charge on any atom is 0.303 e. The molecule has 0 radical (unpaired) electrons. The van der Waals surface area contributed by atoms with E-state index in [1.54, 1.807) is 0 Å². The zero-order valence-electron chi connectivity index (χ0n) is 11.2. The lowest BCUT2D eigenvalue weighted by molar-refractivity contribution is 0.170. The lowest BCUT2D eigenvalue weighted by Gasteiger charge is -2.29. The fraction of sp³-hybridized carbons (Fsp3) is 0.750. The van der Waals surface area contributed by atoms with Crippen LogP contribution in [0.4, 0.5) is 5.13 Å². The minimum Gasteiger partial charge on any atom is -0.396 e. The van der Waals surface area contributed by atoms with Gasteiger partial charge in [0.1, 0.15) is 0 Å². The molecule has 0 spiro atoms. The predicted molar refractivity (Wildman–Crippen MR) is 78.0 cm³/mol. The van der Waals surface area contributed by atoms with Gasteiger partial charge in [-0.1, -0.05) is 0 Å². The average molecular weight is 317 g/mol. The number of aromatic nitrogens is 1. The number of hydrogen-bond acceptors (Lipinski definition) is 5. The van der Waals surface area contributed by atoms with Gasteiger partial charge in [-0.15, -0.1) is 11.3 Å². The third-order valence-corrected chi connectivity index (χ3v) is 6.31. The molecule has 0 bridgehead atoms. The number of aliphatic hydroxyl groups excluding tert-OH is 1. The molecule has 3 rings (SSSR count). The Morgan fingerprint density at radius 2 is 2.05 bits per heavy atom. The number of hydrogen-bond donors (Lipinski definition) is 2. The summed E-state index contributed by atoms with van der Waals surface area (Å²) in [6.07, 6.45) is 3.74. The van der Waals surface area contributed by atoms with Crippen LogP contribution in [0.15, 0.2) is 5.38 Å². The molecule has 1 aliphatic carbocycles. The Bertz CT molecular complexity index is 560. The minimum atomic E-state index is -3.51. The van der Waals surface area contributed by atoms with Gasteiger partial charge in [-0.2, -0.15) is 12.7 Å². The van der Waals surface area contributed by atoms with Crippen LogP contribution in [0.2, 0.25) is 0 Å². The number of thiazole rings is 1. The summed E-state index contributed by atoms with van der Waals surface area (Å²) >= 11 is 1.35. The van der Waals surface area contributed by atoms with Gasteiger partial charge in [0.25, 0.3) is 0 Å². The largest absolute Gasteiger partial charge is 0.396 e. The van der Waals surface area contributed by atoms with E-state index in [0.29, 0.717) is 37.0 Å². The topological polar surface area (TPSA) is 82.5 Å². The molecule has 1 aromatic rings. The monoisotopic (exact) mass is 317 g/mol. The van der Waals surface area contributed by atoms with Crippen molar-refractivity contribution in [2.45, 2.75) is 31.6 Å². The van der Waals surface area contributed by atoms with Gasteiger partial charge in [-0.3, -0.25) is 0 Å². The molecular weight excluding hydrogens is 298 g/mol. The maximum atomic E-state index is 12.3. The number of anilines is 1. The number of aliphatic hydroxyl groups is 1. The highest BCUT2D eigenvalue weighted by Gasteiger charge is 2.30. The van der Waals surface area contributed by atoms with Crippen LogP contribution in [-0.4, -0.2) is 42.5 Å². The van der Waals surface area contributed by atoms with Crippen LogP contribution in [0.1, 0.15) is 37.3 Å². The smallest absolute Gasteiger partial charge is 0.303 e. The van der Waals surface area contributed by atoms with Crippen LogP contribution in [0.3, 0.4) is 0 Å². The van der Waals surface area contributed by atoms with Crippen LogP contribution >= 0.6 is 11.3 Å². The van der Waals surface area contributed by atoms with E-state index < -0.39 is 10.2 Å². The molecule has 2 heterocycles. The van der Waals surface area contributed by atoms with Gasteiger partial charge in [0.2, 0.25) is 0 Å². The highest BCUT2D eigenvalue weighted by atomic mass is 32.2. The zero-order chi connectivity index (χ0) is 14.2. The lowest BCUT2D eigenvalue weighted by Crippen LogP contribution is -2.42. The van der Waals surface area contributed by atoms with E-state index in [1.165, 1.54) is 15.6 Å². The van der Waals surface area contributed by atoms with Crippen LogP contribution in [-0.2, 0) is 10.2 Å². The van der Waals surface area contributed by atoms with Crippen LogP contribution in [0, 0.1) is 5.92 Å². The molecule has 0 unspecified atom stereocenters. The van der Waals surface area contributed by atoms with E-state index in [9.17, 15) is 8.42 Å². The summed E-state index contributed by atoms with van der Waals surface area (Å²) in [5.41, 5.74) is 1.01. The van der Waals surface area contributed by atoms with E-state index in [4.69, 9.17) is 5.11 Å². The molecule has 20 heavy (non-hydrogen) atoms. The Kier molecular flexibility index (Phi) is 3.98. The van der Waals surface area contributed by atoms with Crippen molar-refractivity contribution in [2.24, 2.45) is 5.92 Å². The summed E-state index contributed by atoms with van der Waals surface area (Å²) in [5, 5.41) is 11.5. The van der Waals surface area contributed by atoms with Crippen molar-refractivity contribution < 1.29 is 13.5 Å². The average Bonchev–Trinajstić information content (AvgIpc) is 3.20. The third kappa shape index (κ3) is 3.13. The Morgan fingerprint density at radius 3 is 2.65 bits per heavy atom. The molecular formula is C12H19N3O3S2. The van der Waals surface area contributed by atoms with Gasteiger partial charge in [0.05, 0.1) is 5.69 Å². The fourth-order valence-corrected chi connectivity index (χ4v) is 4.64. The Morgan fingerprint density at radius 1 is 1.35 bits per heavy atom. The highest BCUT2D eigenvalue weighted by Crippen LogP contribution is 2.41. The Labute approximate surface area is 123 Å². The summed E-state index contributed by atoms with van der Waals surface area (Å²) in [6, 6.07) is 0. The first-order chi connectivity index (χ1) is 9.58. The van der Waals surface area contributed by atoms with Crippen molar-refractivity contribution in [3.63, 3.8) is 0 Å². The molecule has 0 amide bonds. The molecule has 2 N–H and O–H groups in total.